The second-order valence-electron chi connectivity index (χ2n) is 4.57. The summed E-state index contributed by atoms with van der Waals surface area (Å²) in [7, 11) is 0. The van der Waals surface area contributed by atoms with Crippen LogP contribution in [0.15, 0.2) is 55.1 Å². The number of carbonyl (C=O) groups excluding carboxylic acids is 2. The molecule has 1 aromatic carbocycles. The summed E-state index contributed by atoms with van der Waals surface area (Å²) in [5, 5.41) is 0. The number of primary amides is 1. The third kappa shape index (κ3) is 4.91. The number of cyclic esters (lactones) is 1. The van der Waals surface area contributed by atoms with Crippen LogP contribution in [0.4, 0.5) is 0 Å². The molecule has 0 aromatic heterocycles. The molecule has 0 spiro atoms. The van der Waals surface area contributed by atoms with Gasteiger partial charge in [0.25, 0.3) is 0 Å². The van der Waals surface area contributed by atoms with E-state index >= 15 is 0 Å². The monoisotopic (exact) mass is 287 g/mol. The Bertz CT molecular complexity index is 508. The fraction of sp³-hybridized carbons (Fsp3) is 0.294. The van der Waals surface area contributed by atoms with Crippen molar-refractivity contribution in [1.29, 1.82) is 0 Å². The number of benzene rings is 1. The molecule has 1 heterocycles. The van der Waals surface area contributed by atoms with Gasteiger partial charge in [-0.3, -0.25) is 4.79 Å². The second kappa shape index (κ2) is 8.74. The second-order valence-corrected chi connectivity index (χ2v) is 4.57. The predicted molar refractivity (Wildman–Crippen MR) is 82.3 cm³/mol. The molecule has 1 fully saturated rings. The van der Waals surface area contributed by atoms with Crippen LogP contribution in [-0.2, 0) is 14.3 Å². The number of ether oxygens (including phenoxy) is 1. The maximum Gasteiger partial charge on any atom is 0.338 e. The van der Waals surface area contributed by atoms with E-state index in [4.69, 9.17) is 10.5 Å². The topological polar surface area (TPSA) is 69.4 Å². The maximum atomic E-state index is 11.4. The number of amides is 1. The van der Waals surface area contributed by atoms with Crippen molar-refractivity contribution in [2.75, 3.05) is 0 Å². The van der Waals surface area contributed by atoms with Gasteiger partial charge in [0.05, 0.1) is 5.57 Å². The molecule has 1 aliphatic rings. The van der Waals surface area contributed by atoms with Crippen molar-refractivity contribution in [1.82, 2.24) is 0 Å². The van der Waals surface area contributed by atoms with Gasteiger partial charge in [0.1, 0.15) is 0 Å². The minimum atomic E-state index is -0.280. The molecule has 2 rings (SSSR count). The van der Waals surface area contributed by atoms with Crippen LogP contribution in [0.2, 0.25) is 0 Å². The molecule has 1 aliphatic heterocycles. The molecule has 1 aromatic rings. The van der Waals surface area contributed by atoms with E-state index in [0.717, 1.165) is 24.8 Å². The average molecular weight is 287 g/mol. The molecular weight excluding hydrogens is 266 g/mol. The van der Waals surface area contributed by atoms with Crippen LogP contribution in [0.1, 0.15) is 37.4 Å². The smallest absolute Gasteiger partial charge is 0.338 e. The lowest BCUT2D eigenvalue weighted by molar-refractivity contribution is -0.156. The largest absolute Gasteiger partial charge is 0.449 e. The molecule has 0 bridgehead atoms. The van der Waals surface area contributed by atoms with E-state index in [2.05, 4.69) is 13.2 Å². The first-order valence-corrected chi connectivity index (χ1v) is 6.93. The number of unbranched alkanes of at least 4 members (excludes halogenated alkanes) is 2. The van der Waals surface area contributed by atoms with Crippen molar-refractivity contribution in [2.45, 2.75) is 31.8 Å². The van der Waals surface area contributed by atoms with Gasteiger partial charge in [0.15, 0.2) is 6.10 Å². The zero-order valence-electron chi connectivity index (χ0n) is 12.1. The molecule has 112 valence electrons. The van der Waals surface area contributed by atoms with Crippen LogP contribution < -0.4 is 5.73 Å². The fourth-order valence-electron chi connectivity index (χ4n) is 2.05. The van der Waals surface area contributed by atoms with E-state index in [9.17, 15) is 9.59 Å². The van der Waals surface area contributed by atoms with Gasteiger partial charge in [0, 0.05) is 6.42 Å². The molecule has 0 aliphatic carbocycles. The Morgan fingerprint density at radius 3 is 2.48 bits per heavy atom. The van der Waals surface area contributed by atoms with Crippen LogP contribution in [-0.4, -0.2) is 11.9 Å². The van der Waals surface area contributed by atoms with Gasteiger partial charge >= 0.3 is 5.97 Å². The quantitative estimate of drug-likeness (QED) is 0.378. The van der Waals surface area contributed by atoms with Crippen molar-refractivity contribution >= 4 is 11.9 Å². The summed E-state index contributed by atoms with van der Waals surface area (Å²) in [6.45, 7) is 6.00. The molecule has 2 N–H and O–H groups in total. The third-order valence-electron chi connectivity index (χ3n) is 3.09. The van der Waals surface area contributed by atoms with Crippen molar-refractivity contribution in [2.24, 2.45) is 5.73 Å². The number of hydrogen-bond donors (Lipinski definition) is 1. The summed E-state index contributed by atoms with van der Waals surface area (Å²) in [6, 6.07) is 9.66. The summed E-state index contributed by atoms with van der Waals surface area (Å²) in [4.78, 5) is 22.0. The SMILES string of the molecule is C=C.NC(=O)CCCCC=C1C(=O)OC1c1ccccc1. The number of rotatable bonds is 6. The predicted octanol–water partition coefficient (Wildman–Crippen LogP) is 3.06. The van der Waals surface area contributed by atoms with Crippen molar-refractivity contribution in [3.8, 4) is 0 Å². The zero-order valence-corrected chi connectivity index (χ0v) is 12.1. The van der Waals surface area contributed by atoms with Crippen LogP contribution >= 0.6 is 0 Å². The molecule has 21 heavy (non-hydrogen) atoms. The third-order valence-corrected chi connectivity index (χ3v) is 3.09. The van der Waals surface area contributed by atoms with E-state index < -0.39 is 0 Å². The van der Waals surface area contributed by atoms with Gasteiger partial charge in [0.2, 0.25) is 5.91 Å². The van der Waals surface area contributed by atoms with Crippen LogP contribution in [0, 0.1) is 0 Å². The first kappa shape index (κ1) is 16.7. The first-order chi connectivity index (χ1) is 10.2. The minimum absolute atomic E-state index is 0.232. The number of hydrogen-bond acceptors (Lipinski definition) is 3. The number of nitrogens with two attached hydrogens (primary N) is 1. The average Bonchev–Trinajstić information content (AvgIpc) is 2.50. The van der Waals surface area contributed by atoms with Gasteiger partial charge in [-0.1, -0.05) is 36.4 Å². The van der Waals surface area contributed by atoms with E-state index in [0.29, 0.717) is 12.0 Å². The lowest BCUT2D eigenvalue weighted by Gasteiger charge is -2.29. The summed E-state index contributed by atoms with van der Waals surface area (Å²) in [6.07, 6.45) is 4.44. The molecule has 4 heteroatoms. The first-order valence-electron chi connectivity index (χ1n) is 6.93. The minimum Gasteiger partial charge on any atom is -0.449 e. The Hall–Kier alpha value is -2.36. The molecule has 1 unspecified atom stereocenters. The lowest BCUT2D eigenvalue weighted by atomic mass is 9.95. The number of carbonyl (C=O) groups is 2. The summed E-state index contributed by atoms with van der Waals surface area (Å²) < 4.78 is 5.15. The molecule has 4 nitrogen and oxygen atoms in total. The maximum absolute atomic E-state index is 11.4. The Kier molecular flexibility index (Phi) is 6.95. The van der Waals surface area contributed by atoms with Gasteiger partial charge in [-0.25, -0.2) is 4.79 Å². The highest BCUT2D eigenvalue weighted by atomic mass is 16.6. The Morgan fingerprint density at radius 2 is 1.90 bits per heavy atom. The summed E-state index contributed by atoms with van der Waals surface area (Å²) in [5.41, 5.74) is 6.77. The highest BCUT2D eigenvalue weighted by molar-refractivity contribution is 5.95. The normalized spacial score (nSPS) is 18.2. The molecular formula is C17H21NO3. The van der Waals surface area contributed by atoms with Gasteiger partial charge in [-0.15, -0.1) is 13.2 Å². The van der Waals surface area contributed by atoms with E-state index in [1.54, 1.807) is 0 Å². The fourth-order valence-corrected chi connectivity index (χ4v) is 2.05. The van der Waals surface area contributed by atoms with Crippen LogP contribution in [0.5, 0.6) is 0 Å². The standard InChI is InChI=1S/C15H17NO3.C2H4/c16-13(17)10-6-2-5-9-12-14(19-15(12)18)11-7-3-1-4-8-11;1-2/h1,3-4,7-9,14H,2,5-6,10H2,(H2,16,17);1-2H2. The van der Waals surface area contributed by atoms with Crippen molar-refractivity contribution in [3.63, 3.8) is 0 Å². The zero-order chi connectivity index (χ0) is 15.7. The molecule has 1 atom stereocenters. The Labute approximate surface area is 125 Å². The van der Waals surface area contributed by atoms with Crippen LogP contribution in [0.25, 0.3) is 0 Å². The van der Waals surface area contributed by atoms with Crippen molar-refractivity contribution < 1.29 is 14.3 Å². The molecule has 1 amide bonds. The highest BCUT2D eigenvalue weighted by Crippen LogP contribution is 2.36. The summed E-state index contributed by atoms with van der Waals surface area (Å²) in [5.74, 6) is -0.526. The van der Waals surface area contributed by atoms with E-state index in [-0.39, 0.29) is 18.0 Å². The Balaban J connectivity index is 0.00000106. The Morgan fingerprint density at radius 1 is 1.24 bits per heavy atom. The van der Waals surface area contributed by atoms with E-state index in [1.807, 2.05) is 36.4 Å². The van der Waals surface area contributed by atoms with Crippen molar-refractivity contribution in [3.05, 3.63) is 60.7 Å². The van der Waals surface area contributed by atoms with Crippen LogP contribution in [0.3, 0.4) is 0 Å². The summed E-state index contributed by atoms with van der Waals surface area (Å²) >= 11 is 0. The van der Waals surface area contributed by atoms with Gasteiger partial charge in [-0.2, -0.15) is 0 Å². The molecule has 0 radical (unpaired) electrons. The molecule has 0 saturated carbocycles. The number of allylic oxidation sites excluding steroid dienone is 1. The number of esters is 1. The van der Waals surface area contributed by atoms with Gasteiger partial charge < -0.3 is 10.5 Å². The van der Waals surface area contributed by atoms with Gasteiger partial charge in [-0.05, 0) is 24.8 Å². The highest BCUT2D eigenvalue weighted by Gasteiger charge is 2.36. The lowest BCUT2D eigenvalue weighted by Crippen LogP contribution is -2.29. The van der Waals surface area contributed by atoms with E-state index in [1.165, 1.54) is 0 Å². The molecule has 1 saturated heterocycles.